The third-order valence-electron chi connectivity index (χ3n) is 2.64. The van der Waals surface area contributed by atoms with Crippen LogP contribution in [0.25, 0.3) is 11.0 Å². The van der Waals surface area contributed by atoms with E-state index in [1.165, 1.54) is 19.3 Å². The summed E-state index contributed by atoms with van der Waals surface area (Å²) in [5, 5.41) is 11.6. The average molecular weight is 218 g/mol. The van der Waals surface area contributed by atoms with E-state index in [2.05, 4.69) is 22.6 Å². The molecule has 0 aliphatic rings. The summed E-state index contributed by atoms with van der Waals surface area (Å²) in [5.74, 6) is 0. The van der Waals surface area contributed by atoms with Crippen LogP contribution in [0.4, 0.5) is 0 Å². The highest BCUT2D eigenvalue weighted by Gasteiger charge is 2.01. The molecule has 0 radical (unpaired) electrons. The lowest BCUT2D eigenvalue weighted by Gasteiger charge is -2.04. The van der Waals surface area contributed by atoms with Crippen molar-refractivity contribution in [3.05, 3.63) is 24.3 Å². The third kappa shape index (κ3) is 2.58. The van der Waals surface area contributed by atoms with Crippen LogP contribution in [0, 0.1) is 0 Å². The Bertz CT molecular complexity index is 435. The van der Waals surface area contributed by atoms with Gasteiger partial charge in [0.2, 0.25) is 0 Å². The van der Waals surface area contributed by atoms with Gasteiger partial charge in [-0.3, -0.25) is 5.32 Å². The quantitative estimate of drug-likeness (QED) is 0.756. The number of aromatic nitrogens is 3. The SMILES string of the molecule is CCCCCNCn1nnc2ccccc21. The Morgan fingerprint density at radius 1 is 1.25 bits per heavy atom. The number of benzene rings is 1. The van der Waals surface area contributed by atoms with Gasteiger partial charge in [0.05, 0.1) is 12.2 Å². The van der Waals surface area contributed by atoms with Crippen molar-refractivity contribution in [2.24, 2.45) is 0 Å². The molecule has 86 valence electrons. The van der Waals surface area contributed by atoms with Crippen LogP contribution in [-0.4, -0.2) is 21.5 Å². The molecule has 2 aromatic rings. The molecule has 4 nitrogen and oxygen atoms in total. The standard InChI is InChI=1S/C12H18N4/c1-2-3-6-9-13-10-16-12-8-5-4-7-11(12)14-15-16/h4-5,7-8,13H,2-3,6,9-10H2,1H3. The van der Waals surface area contributed by atoms with Gasteiger partial charge < -0.3 is 0 Å². The van der Waals surface area contributed by atoms with Gasteiger partial charge in [-0.2, -0.15) is 0 Å². The van der Waals surface area contributed by atoms with E-state index in [0.717, 1.165) is 24.2 Å². The van der Waals surface area contributed by atoms with Gasteiger partial charge in [0.25, 0.3) is 0 Å². The molecule has 0 bridgehead atoms. The normalized spacial score (nSPS) is 11.1. The molecule has 0 saturated carbocycles. The zero-order valence-electron chi connectivity index (χ0n) is 9.69. The molecule has 4 heteroatoms. The van der Waals surface area contributed by atoms with Crippen molar-refractivity contribution in [3.8, 4) is 0 Å². The summed E-state index contributed by atoms with van der Waals surface area (Å²) < 4.78 is 1.90. The summed E-state index contributed by atoms with van der Waals surface area (Å²) in [4.78, 5) is 0. The Hall–Kier alpha value is -1.42. The van der Waals surface area contributed by atoms with Gasteiger partial charge in [-0.1, -0.05) is 37.1 Å². The van der Waals surface area contributed by atoms with E-state index in [9.17, 15) is 0 Å². The molecule has 0 fully saturated rings. The van der Waals surface area contributed by atoms with E-state index < -0.39 is 0 Å². The lowest BCUT2D eigenvalue weighted by molar-refractivity contribution is 0.497. The zero-order chi connectivity index (χ0) is 11.2. The summed E-state index contributed by atoms with van der Waals surface area (Å²) in [6, 6.07) is 8.02. The minimum Gasteiger partial charge on any atom is -0.298 e. The molecule has 0 spiro atoms. The molecule has 0 aliphatic heterocycles. The van der Waals surface area contributed by atoms with E-state index >= 15 is 0 Å². The van der Waals surface area contributed by atoms with Gasteiger partial charge >= 0.3 is 0 Å². The van der Waals surface area contributed by atoms with Crippen LogP contribution >= 0.6 is 0 Å². The predicted molar refractivity (Wildman–Crippen MR) is 65.1 cm³/mol. The number of unbranched alkanes of at least 4 members (excludes halogenated alkanes) is 2. The first-order chi connectivity index (χ1) is 7.92. The predicted octanol–water partition coefficient (Wildman–Crippen LogP) is 2.17. The van der Waals surface area contributed by atoms with Crippen molar-refractivity contribution >= 4 is 11.0 Å². The molecule has 0 unspecified atom stereocenters. The number of para-hydroxylation sites is 1. The molecule has 0 aliphatic carbocycles. The molecule has 1 heterocycles. The molecule has 1 N–H and O–H groups in total. The fourth-order valence-electron chi connectivity index (χ4n) is 1.72. The second-order valence-electron chi connectivity index (χ2n) is 3.94. The molecule has 2 rings (SSSR count). The van der Waals surface area contributed by atoms with Crippen LogP contribution in [0.1, 0.15) is 26.2 Å². The van der Waals surface area contributed by atoms with Gasteiger partial charge in [0.1, 0.15) is 5.52 Å². The van der Waals surface area contributed by atoms with Gasteiger partial charge in [-0.15, -0.1) is 5.10 Å². The van der Waals surface area contributed by atoms with Crippen LogP contribution in [0.3, 0.4) is 0 Å². The number of rotatable bonds is 6. The van der Waals surface area contributed by atoms with Crippen LogP contribution < -0.4 is 5.32 Å². The first kappa shape index (κ1) is 11.1. The van der Waals surface area contributed by atoms with Crippen LogP contribution in [-0.2, 0) is 6.67 Å². The first-order valence-corrected chi connectivity index (χ1v) is 5.91. The summed E-state index contributed by atoms with van der Waals surface area (Å²) in [7, 11) is 0. The fraction of sp³-hybridized carbons (Fsp3) is 0.500. The van der Waals surface area contributed by atoms with Gasteiger partial charge in [-0.05, 0) is 25.1 Å². The van der Waals surface area contributed by atoms with Gasteiger partial charge in [0.15, 0.2) is 0 Å². The number of hydrogen-bond acceptors (Lipinski definition) is 3. The highest BCUT2D eigenvalue weighted by atomic mass is 15.4. The monoisotopic (exact) mass is 218 g/mol. The van der Waals surface area contributed by atoms with Crippen molar-refractivity contribution in [1.82, 2.24) is 20.3 Å². The molecule has 1 aromatic carbocycles. The Morgan fingerprint density at radius 3 is 3.00 bits per heavy atom. The van der Waals surface area contributed by atoms with Crippen LogP contribution in [0.2, 0.25) is 0 Å². The van der Waals surface area contributed by atoms with Crippen LogP contribution in [0.5, 0.6) is 0 Å². The van der Waals surface area contributed by atoms with Crippen LogP contribution in [0.15, 0.2) is 24.3 Å². The van der Waals surface area contributed by atoms with E-state index in [4.69, 9.17) is 0 Å². The van der Waals surface area contributed by atoms with E-state index in [0.29, 0.717) is 0 Å². The second-order valence-corrected chi connectivity index (χ2v) is 3.94. The lowest BCUT2D eigenvalue weighted by atomic mass is 10.2. The smallest absolute Gasteiger partial charge is 0.113 e. The highest BCUT2D eigenvalue weighted by Crippen LogP contribution is 2.08. The largest absolute Gasteiger partial charge is 0.298 e. The summed E-state index contributed by atoms with van der Waals surface area (Å²) in [6.45, 7) is 4.00. The van der Waals surface area contributed by atoms with Crippen molar-refractivity contribution < 1.29 is 0 Å². The Morgan fingerprint density at radius 2 is 2.12 bits per heavy atom. The summed E-state index contributed by atoms with van der Waals surface area (Å²) in [5.41, 5.74) is 2.04. The third-order valence-corrected chi connectivity index (χ3v) is 2.64. The maximum Gasteiger partial charge on any atom is 0.113 e. The summed E-state index contributed by atoms with van der Waals surface area (Å²) in [6.07, 6.45) is 3.77. The Kier molecular flexibility index (Phi) is 3.88. The zero-order valence-corrected chi connectivity index (χ0v) is 9.69. The molecule has 1 aromatic heterocycles. The number of hydrogen-bond donors (Lipinski definition) is 1. The van der Waals surface area contributed by atoms with E-state index in [1.807, 2.05) is 28.9 Å². The Labute approximate surface area is 95.6 Å². The second kappa shape index (κ2) is 5.61. The minimum absolute atomic E-state index is 0.740. The van der Waals surface area contributed by atoms with Gasteiger partial charge in [0, 0.05) is 0 Å². The molecular weight excluding hydrogens is 200 g/mol. The number of nitrogens with one attached hydrogen (secondary N) is 1. The molecular formula is C12H18N4. The molecule has 16 heavy (non-hydrogen) atoms. The molecule has 0 saturated heterocycles. The van der Waals surface area contributed by atoms with Crippen molar-refractivity contribution in [3.63, 3.8) is 0 Å². The van der Waals surface area contributed by atoms with Crippen molar-refractivity contribution in [2.45, 2.75) is 32.9 Å². The van der Waals surface area contributed by atoms with E-state index in [1.54, 1.807) is 0 Å². The summed E-state index contributed by atoms with van der Waals surface area (Å²) >= 11 is 0. The molecule has 0 atom stereocenters. The molecule has 0 amide bonds. The number of fused-ring (bicyclic) bond motifs is 1. The highest BCUT2D eigenvalue weighted by molar-refractivity contribution is 5.73. The topological polar surface area (TPSA) is 42.7 Å². The maximum atomic E-state index is 4.12. The fourth-order valence-corrected chi connectivity index (χ4v) is 1.72. The average Bonchev–Trinajstić information content (AvgIpc) is 2.73. The lowest BCUT2D eigenvalue weighted by Crippen LogP contribution is -2.20. The van der Waals surface area contributed by atoms with Crippen molar-refractivity contribution in [1.29, 1.82) is 0 Å². The van der Waals surface area contributed by atoms with E-state index in [-0.39, 0.29) is 0 Å². The minimum atomic E-state index is 0.740. The van der Waals surface area contributed by atoms with Gasteiger partial charge in [-0.25, -0.2) is 4.68 Å². The number of nitrogens with zero attached hydrogens (tertiary/aromatic N) is 3. The Balaban J connectivity index is 1.89. The first-order valence-electron chi connectivity index (χ1n) is 5.91. The maximum absolute atomic E-state index is 4.12. The van der Waals surface area contributed by atoms with Crippen molar-refractivity contribution in [2.75, 3.05) is 6.54 Å².